The second-order valence-corrected chi connectivity index (χ2v) is 9.84. The summed E-state index contributed by atoms with van der Waals surface area (Å²) in [6.07, 6.45) is 0.190. The first-order valence-electron chi connectivity index (χ1n) is 10.1. The second-order valence-electron chi connectivity index (χ2n) is 7.25. The van der Waals surface area contributed by atoms with E-state index in [0.29, 0.717) is 11.3 Å². The molecule has 0 radical (unpaired) electrons. The van der Waals surface area contributed by atoms with Gasteiger partial charge in [-0.2, -0.15) is 16.9 Å². The smallest absolute Gasteiger partial charge is 0.339 e. The predicted octanol–water partition coefficient (Wildman–Crippen LogP) is 2.35. The molecule has 0 spiro atoms. The number of benzene rings is 2. The molecule has 2 unspecified atom stereocenters. The van der Waals surface area contributed by atoms with Crippen LogP contribution in [0.3, 0.4) is 0 Å². The minimum absolute atomic E-state index is 0.000828. The zero-order valence-electron chi connectivity index (χ0n) is 18.1. The van der Waals surface area contributed by atoms with E-state index in [1.807, 2.05) is 0 Å². The molecule has 33 heavy (non-hydrogen) atoms. The molecule has 2 aromatic carbocycles. The maximum Gasteiger partial charge on any atom is 0.339 e. The minimum atomic E-state index is -4.21. The molecule has 1 amide bonds. The van der Waals surface area contributed by atoms with Gasteiger partial charge in [0.2, 0.25) is 15.9 Å². The van der Waals surface area contributed by atoms with Crippen molar-refractivity contribution in [3.8, 4) is 0 Å². The Morgan fingerprint density at radius 2 is 1.76 bits per heavy atom. The van der Waals surface area contributed by atoms with Crippen molar-refractivity contribution in [1.29, 1.82) is 0 Å². The van der Waals surface area contributed by atoms with Crippen LogP contribution in [0.4, 0.5) is 5.69 Å². The van der Waals surface area contributed by atoms with Crippen molar-refractivity contribution < 1.29 is 32.3 Å². The molecule has 1 aliphatic rings. The lowest BCUT2D eigenvalue weighted by Gasteiger charge is -2.24. The SMILES string of the molecule is CCOC(=O)c1ccc(NC(=O)C2CC(S)CN2S(=O)(=O)c2ccccc2C(=O)OC)cc1. The van der Waals surface area contributed by atoms with Crippen LogP contribution in [0.2, 0.25) is 0 Å². The van der Waals surface area contributed by atoms with Crippen molar-refractivity contribution in [2.24, 2.45) is 0 Å². The molecular formula is C22H24N2O7S2. The van der Waals surface area contributed by atoms with Crippen LogP contribution in [0, 0.1) is 0 Å². The molecule has 176 valence electrons. The number of nitrogens with zero attached hydrogens (tertiary/aromatic N) is 1. The Kier molecular flexibility index (Phi) is 7.77. The summed E-state index contributed by atoms with van der Waals surface area (Å²) in [5, 5.41) is 2.31. The van der Waals surface area contributed by atoms with E-state index < -0.39 is 33.9 Å². The minimum Gasteiger partial charge on any atom is -0.465 e. The second kappa shape index (κ2) is 10.4. The summed E-state index contributed by atoms with van der Waals surface area (Å²) in [6, 6.07) is 10.7. The number of esters is 2. The molecule has 1 aliphatic heterocycles. The molecule has 1 fully saturated rings. The van der Waals surface area contributed by atoms with E-state index in [-0.39, 0.29) is 35.3 Å². The predicted molar refractivity (Wildman–Crippen MR) is 124 cm³/mol. The summed E-state index contributed by atoms with van der Waals surface area (Å²) in [5.74, 6) is -1.82. The molecule has 1 saturated heterocycles. The molecule has 2 aromatic rings. The zero-order chi connectivity index (χ0) is 24.2. The Morgan fingerprint density at radius 3 is 2.39 bits per heavy atom. The van der Waals surface area contributed by atoms with Gasteiger partial charge >= 0.3 is 11.9 Å². The van der Waals surface area contributed by atoms with E-state index in [2.05, 4.69) is 17.9 Å². The number of carbonyl (C=O) groups is 3. The van der Waals surface area contributed by atoms with E-state index in [9.17, 15) is 22.8 Å². The molecule has 1 N–H and O–H groups in total. The topological polar surface area (TPSA) is 119 Å². The van der Waals surface area contributed by atoms with E-state index in [1.165, 1.54) is 48.5 Å². The number of hydrogen-bond acceptors (Lipinski definition) is 8. The van der Waals surface area contributed by atoms with Gasteiger partial charge < -0.3 is 14.8 Å². The van der Waals surface area contributed by atoms with Crippen molar-refractivity contribution in [1.82, 2.24) is 4.31 Å². The van der Waals surface area contributed by atoms with Crippen LogP contribution < -0.4 is 5.32 Å². The number of carbonyl (C=O) groups excluding carboxylic acids is 3. The molecule has 11 heteroatoms. The summed E-state index contributed by atoms with van der Waals surface area (Å²) in [6.45, 7) is 1.94. The molecule has 0 aliphatic carbocycles. The largest absolute Gasteiger partial charge is 0.465 e. The van der Waals surface area contributed by atoms with Gasteiger partial charge in [-0.3, -0.25) is 4.79 Å². The number of thiol groups is 1. The summed E-state index contributed by atoms with van der Waals surface area (Å²) >= 11 is 4.39. The van der Waals surface area contributed by atoms with Crippen molar-refractivity contribution in [2.45, 2.75) is 29.5 Å². The highest BCUT2D eigenvalue weighted by molar-refractivity contribution is 7.89. The van der Waals surface area contributed by atoms with Gasteiger partial charge in [0.25, 0.3) is 0 Å². The van der Waals surface area contributed by atoms with Crippen LogP contribution in [0.1, 0.15) is 34.1 Å². The molecule has 3 rings (SSSR count). The monoisotopic (exact) mass is 492 g/mol. The lowest BCUT2D eigenvalue weighted by molar-refractivity contribution is -0.119. The summed E-state index contributed by atoms with van der Waals surface area (Å²) in [5.41, 5.74) is 0.606. The molecule has 2 atom stereocenters. The van der Waals surface area contributed by atoms with Crippen LogP contribution in [0.15, 0.2) is 53.4 Å². The molecule has 1 heterocycles. The third-order valence-corrected chi connectivity index (χ3v) is 7.39. The van der Waals surface area contributed by atoms with Gasteiger partial charge in [-0.1, -0.05) is 12.1 Å². The quantitative estimate of drug-likeness (QED) is 0.450. The van der Waals surface area contributed by atoms with Gasteiger partial charge in [-0.15, -0.1) is 0 Å². The number of anilines is 1. The van der Waals surface area contributed by atoms with Gasteiger partial charge in [-0.25, -0.2) is 18.0 Å². The summed E-state index contributed by atoms with van der Waals surface area (Å²) in [4.78, 5) is 36.7. The average molecular weight is 493 g/mol. The standard InChI is InChI=1S/C22H24N2O7S2/c1-3-31-21(26)14-8-10-15(11-9-14)23-20(25)18-12-16(32)13-24(18)33(28,29)19-7-5-4-6-17(19)22(27)30-2/h4-11,16,18,32H,3,12-13H2,1-2H3,(H,23,25). The Bertz CT molecular complexity index is 1150. The van der Waals surface area contributed by atoms with Crippen molar-refractivity contribution in [3.05, 3.63) is 59.7 Å². The number of ether oxygens (including phenoxy) is 2. The molecule has 0 saturated carbocycles. The first kappa shape index (κ1) is 24.7. The first-order chi connectivity index (χ1) is 15.7. The third-order valence-electron chi connectivity index (χ3n) is 5.08. The van der Waals surface area contributed by atoms with Crippen LogP contribution in [-0.2, 0) is 24.3 Å². The van der Waals surface area contributed by atoms with Crippen molar-refractivity contribution in [2.75, 3.05) is 25.6 Å². The maximum absolute atomic E-state index is 13.4. The van der Waals surface area contributed by atoms with Crippen LogP contribution in [0.5, 0.6) is 0 Å². The molecule has 0 aromatic heterocycles. The van der Waals surface area contributed by atoms with Crippen LogP contribution in [0.25, 0.3) is 0 Å². The average Bonchev–Trinajstić information content (AvgIpc) is 3.22. The maximum atomic E-state index is 13.4. The Labute approximate surface area is 197 Å². The van der Waals surface area contributed by atoms with E-state index in [1.54, 1.807) is 6.92 Å². The van der Waals surface area contributed by atoms with E-state index in [0.717, 1.165) is 11.4 Å². The highest BCUT2D eigenvalue weighted by atomic mass is 32.2. The fraction of sp³-hybridized carbons (Fsp3) is 0.318. The number of amides is 1. The number of hydrogen-bond donors (Lipinski definition) is 2. The van der Waals surface area contributed by atoms with Crippen molar-refractivity contribution >= 4 is 46.2 Å². The molecule has 0 bridgehead atoms. The number of sulfonamides is 1. The van der Waals surface area contributed by atoms with E-state index >= 15 is 0 Å². The highest BCUT2D eigenvalue weighted by Crippen LogP contribution is 2.31. The van der Waals surface area contributed by atoms with E-state index in [4.69, 9.17) is 9.47 Å². The lowest BCUT2D eigenvalue weighted by atomic mass is 10.2. The summed E-state index contributed by atoms with van der Waals surface area (Å²) < 4.78 is 37.5. The van der Waals surface area contributed by atoms with Gasteiger partial charge in [0, 0.05) is 17.5 Å². The number of methoxy groups -OCH3 is 1. The fourth-order valence-electron chi connectivity index (χ4n) is 3.51. The Hall–Kier alpha value is -2.89. The van der Waals surface area contributed by atoms with Gasteiger partial charge in [0.15, 0.2) is 0 Å². The van der Waals surface area contributed by atoms with Crippen LogP contribution >= 0.6 is 12.6 Å². The van der Waals surface area contributed by atoms with Gasteiger partial charge in [0.05, 0.1) is 29.7 Å². The van der Waals surface area contributed by atoms with Gasteiger partial charge in [-0.05, 0) is 49.7 Å². The first-order valence-corrected chi connectivity index (χ1v) is 12.1. The Morgan fingerprint density at radius 1 is 1.09 bits per heavy atom. The third kappa shape index (κ3) is 5.37. The Balaban J connectivity index is 1.84. The number of rotatable bonds is 7. The van der Waals surface area contributed by atoms with Crippen LogP contribution in [-0.4, -0.2) is 62.1 Å². The normalized spacial score (nSPS) is 18.5. The fourth-order valence-corrected chi connectivity index (χ4v) is 5.83. The highest BCUT2D eigenvalue weighted by Gasteiger charge is 2.44. The number of nitrogens with one attached hydrogen (secondary N) is 1. The zero-order valence-corrected chi connectivity index (χ0v) is 19.8. The van der Waals surface area contributed by atoms with Gasteiger partial charge in [0.1, 0.15) is 6.04 Å². The molecule has 9 nitrogen and oxygen atoms in total. The summed E-state index contributed by atoms with van der Waals surface area (Å²) in [7, 11) is -3.05. The van der Waals surface area contributed by atoms with Crippen molar-refractivity contribution in [3.63, 3.8) is 0 Å². The molecular weight excluding hydrogens is 468 g/mol. The lowest BCUT2D eigenvalue weighted by Crippen LogP contribution is -2.43.